The van der Waals surface area contributed by atoms with E-state index in [0.717, 1.165) is 0 Å². The SMILES string of the molecule is Nc1nc2ncc(CN(C=O)c3ccc(C(=O)N[C@@H](CCC(=O)O)C(=O)O)cc3)nc2c(=O)[nH]1.[H-].[H-].[Na+].[Na+]. The van der Waals surface area contributed by atoms with Gasteiger partial charge in [0.25, 0.3) is 11.5 Å². The molecular weight excluding hydrogens is 496 g/mol. The van der Waals surface area contributed by atoms with Gasteiger partial charge in [-0.3, -0.25) is 24.2 Å². The van der Waals surface area contributed by atoms with Gasteiger partial charge < -0.3 is 29.0 Å². The van der Waals surface area contributed by atoms with Crippen LogP contribution in [-0.2, 0) is 20.9 Å². The van der Waals surface area contributed by atoms with Crippen LogP contribution in [0.5, 0.6) is 0 Å². The minimum Gasteiger partial charge on any atom is -1.00 e. The zero-order chi connectivity index (χ0) is 24.8. The number of nitrogen functional groups attached to an aromatic ring is 1. The number of benzene rings is 1. The van der Waals surface area contributed by atoms with Crippen LogP contribution in [0.15, 0.2) is 35.3 Å². The largest absolute Gasteiger partial charge is 1.00 e. The standard InChI is InChI=1S/C20H19N7O7.2Na.2H/c21-20-25-16-15(18(32)26-20)23-11(7-22-16)8-27(9-28)12-3-1-10(2-4-12)17(31)24-13(19(33)34)5-6-14(29)30;;;;/h1-4,7,9,13H,5-6,8H2,(H,24,31)(H,29,30)(H,33,34)(H3,21,22,25,26,32);;;;/q;2*+1;2*-1/t13-;;;;/m0..../s1. The molecule has 0 aliphatic carbocycles. The normalized spacial score (nSPS) is 10.9. The predicted molar refractivity (Wildman–Crippen MR) is 119 cm³/mol. The summed E-state index contributed by atoms with van der Waals surface area (Å²) in [6, 6.07) is 4.30. The van der Waals surface area contributed by atoms with Crippen molar-refractivity contribution in [1.29, 1.82) is 0 Å². The Labute approximate surface area is 250 Å². The molecule has 2 heterocycles. The minimum absolute atomic E-state index is 0. The number of rotatable bonds is 10. The van der Waals surface area contributed by atoms with E-state index < -0.39 is 35.9 Å². The number of amides is 2. The van der Waals surface area contributed by atoms with Crippen LogP contribution in [0, 0.1) is 0 Å². The number of aromatic nitrogens is 4. The average molecular weight is 517 g/mol. The van der Waals surface area contributed by atoms with Crippen molar-refractivity contribution in [3.8, 4) is 0 Å². The van der Waals surface area contributed by atoms with Crippen molar-refractivity contribution >= 4 is 47.1 Å². The summed E-state index contributed by atoms with van der Waals surface area (Å²) in [7, 11) is 0. The molecule has 2 aromatic heterocycles. The summed E-state index contributed by atoms with van der Waals surface area (Å²) in [5, 5.41) is 20.1. The molecule has 0 saturated carbocycles. The summed E-state index contributed by atoms with van der Waals surface area (Å²) >= 11 is 0. The van der Waals surface area contributed by atoms with Gasteiger partial charge in [-0.1, -0.05) is 0 Å². The Balaban J connectivity index is 0. The first-order valence-electron chi connectivity index (χ1n) is 9.77. The second-order valence-corrected chi connectivity index (χ2v) is 7.06. The van der Waals surface area contributed by atoms with Crippen LogP contribution < -0.4 is 80.6 Å². The number of hydrogen-bond acceptors (Lipinski definition) is 9. The van der Waals surface area contributed by atoms with E-state index in [1.807, 2.05) is 0 Å². The number of nitrogens with two attached hydrogens (primary N) is 1. The van der Waals surface area contributed by atoms with E-state index in [2.05, 4.69) is 25.3 Å². The molecule has 0 fully saturated rings. The Morgan fingerprint density at radius 2 is 1.83 bits per heavy atom. The molecule has 14 nitrogen and oxygen atoms in total. The number of nitrogens with one attached hydrogen (secondary N) is 2. The number of carbonyl (C=O) groups is 4. The van der Waals surface area contributed by atoms with Crippen LogP contribution in [0.1, 0.15) is 31.7 Å². The fourth-order valence-corrected chi connectivity index (χ4v) is 2.98. The maximum Gasteiger partial charge on any atom is 1.00 e. The van der Waals surface area contributed by atoms with Crippen LogP contribution in [0.3, 0.4) is 0 Å². The molecule has 0 bridgehead atoms. The minimum atomic E-state index is -1.37. The van der Waals surface area contributed by atoms with Crippen molar-refractivity contribution in [3.63, 3.8) is 0 Å². The van der Waals surface area contributed by atoms with E-state index in [4.69, 9.17) is 10.8 Å². The number of carbonyl (C=O) groups excluding carboxylic acids is 2. The van der Waals surface area contributed by atoms with Crippen LogP contribution in [0.4, 0.5) is 11.6 Å². The van der Waals surface area contributed by atoms with Crippen molar-refractivity contribution in [2.24, 2.45) is 0 Å². The van der Waals surface area contributed by atoms with Gasteiger partial charge in [-0.15, -0.1) is 0 Å². The first-order valence-corrected chi connectivity index (χ1v) is 9.77. The molecule has 0 radical (unpaired) electrons. The third kappa shape index (κ3) is 8.08. The van der Waals surface area contributed by atoms with Gasteiger partial charge in [0.2, 0.25) is 12.4 Å². The summed E-state index contributed by atoms with van der Waals surface area (Å²) in [6.45, 7) is -0.0436. The number of nitrogens with zero attached hydrogens (tertiary/aromatic N) is 4. The Morgan fingerprint density at radius 1 is 1.17 bits per heavy atom. The molecule has 0 spiro atoms. The molecule has 3 aromatic rings. The van der Waals surface area contributed by atoms with Crippen LogP contribution in [0.2, 0.25) is 0 Å². The maximum absolute atomic E-state index is 12.4. The van der Waals surface area contributed by atoms with E-state index in [1.165, 1.54) is 35.4 Å². The van der Waals surface area contributed by atoms with Gasteiger partial charge in [0.1, 0.15) is 6.04 Å². The number of aromatic amines is 1. The molecule has 2 amide bonds. The maximum atomic E-state index is 12.4. The molecule has 1 atom stereocenters. The second kappa shape index (κ2) is 14.0. The average Bonchev–Trinajstić information content (AvgIpc) is 2.80. The number of aliphatic carboxylic acids is 2. The summed E-state index contributed by atoms with van der Waals surface area (Å²) < 4.78 is 0. The number of hydrogen-bond donors (Lipinski definition) is 5. The van der Waals surface area contributed by atoms with Crippen molar-refractivity contribution in [1.82, 2.24) is 25.3 Å². The van der Waals surface area contributed by atoms with Gasteiger partial charge in [0.15, 0.2) is 11.2 Å². The van der Waals surface area contributed by atoms with Crippen molar-refractivity contribution in [2.75, 3.05) is 10.6 Å². The van der Waals surface area contributed by atoms with Crippen LogP contribution in [0.25, 0.3) is 11.2 Å². The summed E-state index contributed by atoms with van der Waals surface area (Å²) in [4.78, 5) is 73.6. The molecule has 3 rings (SSSR count). The number of fused-ring (bicyclic) bond motifs is 1. The second-order valence-electron chi connectivity index (χ2n) is 7.06. The van der Waals surface area contributed by atoms with E-state index in [-0.39, 0.29) is 97.6 Å². The molecule has 36 heavy (non-hydrogen) atoms. The zero-order valence-electron chi connectivity index (χ0n) is 21.5. The fourth-order valence-electron chi connectivity index (χ4n) is 2.98. The van der Waals surface area contributed by atoms with Gasteiger partial charge in [0.05, 0.1) is 18.4 Å². The molecular formula is C20H21N7Na2O7. The topological polar surface area (TPSA) is 222 Å². The Bertz CT molecular complexity index is 1330. The quantitative estimate of drug-likeness (QED) is 0.126. The van der Waals surface area contributed by atoms with Crippen LogP contribution in [-0.4, -0.2) is 60.4 Å². The number of carboxylic acid groups (broad SMARTS) is 2. The van der Waals surface area contributed by atoms with E-state index in [1.54, 1.807) is 0 Å². The smallest absolute Gasteiger partial charge is 1.00 e. The Morgan fingerprint density at radius 3 is 2.42 bits per heavy atom. The van der Waals surface area contributed by atoms with E-state index in [0.29, 0.717) is 17.8 Å². The third-order valence-corrected chi connectivity index (χ3v) is 4.66. The Kier molecular flexibility index (Phi) is 12.1. The van der Waals surface area contributed by atoms with Crippen LogP contribution >= 0.6 is 0 Å². The van der Waals surface area contributed by atoms with Gasteiger partial charge >= 0.3 is 71.1 Å². The molecule has 6 N–H and O–H groups in total. The molecule has 16 heteroatoms. The summed E-state index contributed by atoms with van der Waals surface area (Å²) in [5.41, 5.74) is 5.70. The molecule has 0 unspecified atom stereocenters. The first kappa shape index (κ1) is 31.2. The van der Waals surface area contributed by atoms with Crippen molar-refractivity contribution in [2.45, 2.75) is 25.4 Å². The zero-order valence-corrected chi connectivity index (χ0v) is 23.5. The molecule has 180 valence electrons. The predicted octanol–water partition coefficient (Wildman–Crippen LogP) is -6.26. The van der Waals surface area contributed by atoms with Gasteiger partial charge in [0, 0.05) is 17.7 Å². The molecule has 1 aromatic carbocycles. The van der Waals surface area contributed by atoms with Crippen molar-refractivity contribution < 1.29 is 91.4 Å². The molecule has 0 aliphatic heterocycles. The number of carboxylic acids is 2. The third-order valence-electron chi connectivity index (χ3n) is 4.66. The molecule has 0 saturated heterocycles. The fraction of sp³-hybridized carbons (Fsp3) is 0.200. The van der Waals surface area contributed by atoms with Gasteiger partial charge in [-0.25, -0.2) is 14.8 Å². The summed E-state index contributed by atoms with van der Waals surface area (Å²) in [6.07, 6.45) is 1.18. The van der Waals surface area contributed by atoms with Gasteiger partial charge in [-0.05, 0) is 30.7 Å². The molecule has 0 aliphatic rings. The number of H-pyrrole nitrogens is 1. The monoisotopic (exact) mass is 517 g/mol. The number of anilines is 2. The van der Waals surface area contributed by atoms with Crippen molar-refractivity contribution in [3.05, 3.63) is 52.1 Å². The Hall–Kier alpha value is -2.88. The van der Waals surface area contributed by atoms with E-state index in [9.17, 15) is 29.1 Å². The first-order chi connectivity index (χ1) is 16.2. The van der Waals surface area contributed by atoms with E-state index >= 15 is 0 Å². The summed E-state index contributed by atoms with van der Waals surface area (Å²) in [5.74, 6) is -3.35. The van der Waals surface area contributed by atoms with Gasteiger partial charge in [-0.2, -0.15) is 4.98 Å².